The Kier molecular flexibility index (Phi) is 6.59. The van der Waals surface area contributed by atoms with Crippen molar-refractivity contribution < 1.29 is 14.3 Å². The summed E-state index contributed by atoms with van der Waals surface area (Å²) in [7, 11) is 0. The van der Waals surface area contributed by atoms with E-state index in [1.807, 2.05) is 35.2 Å². The fourth-order valence-corrected chi connectivity index (χ4v) is 5.27. The minimum Gasteiger partial charge on any atom is -0.437 e. The Labute approximate surface area is 201 Å². The minimum absolute atomic E-state index is 0.0829. The number of hydrogen-bond acceptors (Lipinski definition) is 5. The molecule has 2 aromatic carbocycles. The van der Waals surface area contributed by atoms with Crippen molar-refractivity contribution in [2.45, 2.75) is 43.9 Å². The van der Waals surface area contributed by atoms with Crippen LogP contribution in [0.4, 0.5) is 0 Å². The van der Waals surface area contributed by atoms with E-state index in [0.29, 0.717) is 38.5 Å². The topological polar surface area (TPSA) is 64.6 Å². The molecule has 34 heavy (non-hydrogen) atoms. The summed E-state index contributed by atoms with van der Waals surface area (Å²) in [5, 5.41) is 0. The summed E-state index contributed by atoms with van der Waals surface area (Å²) in [4.78, 5) is 25.3. The largest absolute Gasteiger partial charge is 0.437 e. The van der Waals surface area contributed by atoms with Crippen LogP contribution in [0.3, 0.4) is 0 Å². The van der Waals surface area contributed by atoms with Gasteiger partial charge in [-0.25, -0.2) is 4.98 Å². The highest BCUT2D eigenvalue weighted by Crippen LogP contribution is 2.40. The molecular weight excluding hydrogens is 426 g/mol. The van der Waals surface area contributed by atoms with Gasteiger partial charge in [-0.05, 0) is 50.3 Å². The number of nitrogens with zero attached hydrogens (tertiary/aromatic N) is 3. The van der Waals surface area contributed by atoms with E-state index in [1.165, 1.54) is 5.56 Å². The van der Waals surface area contributed by atoms with E-state index in [2.05, 4.69) is 41.2 Å². The number of hydrogen-bond donors (Lipinski definition) is 0. The maximum absolute atomic E-state index is 14.1. The lowest BCUT2D eigenvalue weighted by Gasteiger charge is -2.43. The maximum Gasteiger partial charge on any atom is 0.241 e. The molecule has 6 nitrogen and oxygen atoms in total. The number of piperidine rings is 1. The molecule has 2 saturated heterocycles. The summed E-state index contributed by atoms with van der Waals surface area (Å²) >= 11 is 0. The Bertz CT molecular complexity index is 1130. The average Bonchev–Trinajstić information content (AvgIpc) is 2.90. The third kappa shape index (κ3) is 4.55. The number of carbonyl (C=O) groups is 1. The first kappa shape index (κ1) is 22.5. The van der Waals surface area contributed by atoms with Crippen LogP contribution in [0.1, 0.15) is 48.4 Å². The molecule has 2 aliphatic heterocycles. The monoisotopic (exact) mass is 457 g/mol. The Morgan fingerprint density at radius 2 is 1.85 bits per heavy atom. The zero-order valence-electron chi connectivity index (χ0n) is 19.7. The van der Waals surface area contributed by atoms with Gasteiger partial charge in [0.15, 0.2) is 0 Å². The van der Waals surface area contributed by atoms with Crippen LogP contribution in [0, 0.1) is 6.92 Å². The first-order valence-corrected chi connectivity index (χ1v) is 12.1. The molecule has 2 aliphatic rings. The number of ether oxygens (including phenoxy) is 2. The van der Waals surface area contributed by atoms with E-state index in [0.717, 1.165) is 36.4 Å². The lowest BCUT2D eigenvalue weighted by Crippen LogP contribution is -2.52. The van der Waals surface area contributed by atoms with E-state index in [1.54, 1.807) is 12.4 Å². The van der Waals surface area contributed by atoms with Crippen LogP contribution in [-0.4, -0.2) is 47.1 Å². The van der Waals surface area contributed by atoms with Crippen molar-refractivity contribution in [1.82, 2.24) is 14.9 Å². The molecule has 2 fully saturated rings. The number of carbonyl (C=O) groups excluding carboxylic acids is 1. The van der Waals surface area contributed by atoms with Gasteiger partial charge in [-0.2, -0.15) is 0 Å². The van der Waals surface area contributed by atoms with Gasteiger partial charge in [0.1, 0.15) is 11.4 Å². The first-order valence-electron chi connectivity index (χ1n) is 12.1. The minimum atomic E-state index is -0.530. The van der Waals surface area contributed by atoms with Crippen molar-refractivity contribution in [3.63, 3.8) is 0 Å². The van der Waals surface area contributed by atoms with Gasteiger partial charge < -0.3 is 14.4 Å². The second kappa shape index (κ2) is 9.94. The first-order chi connectivity index (χ1) is 16.7. The molecule has 3 heterocycles. The molecule has 0 spiro atoms. The van der Waals surface area contributed by atoms with Crippen LogP contribution in [0.2, 0.25) is 0 Å². The van der Waals surface area contributed by atoms with Gasteiger partial charge in [-0.15, -0.1) is 0 Å². The summed E-state index contributed by atoms with van der Waals surface area (Å²) in [6, 6.07) is 18.1. The smallest absolute Gasteiger partial charge is 0.241 e. The molecule has 1 atom stereocenters. The van der Waals surface area contributed by atoms with E-state index in [-0.39, 0.29) is 11.8 Å². The molecule has 0 aliphatic carbocycles. The van der Waals surface area contributed by atoms with Gasteiger partial charge in [-0.1, -0.05) is 48.0 Å². The van der Waals surface area contributed by atoms with Crippen molar-refractivity contribution in [2.24, 2.45) is 0 Å². The van der Waals surface area contributed by atoms with E-state index < -0.39 is 5.41 Å². The summed E-state index contributed by atoms with van der Waals surface area (Å²) < 4.78 is 11.8. The van der Waals surface area contributed by atoms with Crippen LogP contribution in [0.15, 0.2) is 67.0 Å². The molecule has 6 heteroatoms. The van der Waals surface area contributed by atoms with Gasteiger partial charge in [0, 0.05) is 44.6 Å². The lowest BCUT2D eigenvalue weighted by atomic mass is 9.72. The van der Waals surface area contributed by atoms with Gasteiger partial charge in [-0.3, -0.25) is 9.78 Å². The third-order valence-corrected chi connectivity index (χ3v) is 7.07. The van der Waals surface area contributed by atoms with Crippen LogP contribution in [-0.2, 0) is 14.9 Å². The van der Waals surface area contributed by atoms with Crippen LogP contribution >= 0.6 is 0 Å². The van der Waals surface area contributed by atoms with Crippen molar-refractivity contribution in [1.29, 1.82) is 0 Å². The number of para-hydroxylation sites is 1. The second-order valence-corrected chi connectivity index (χ2v) is 9.32. The standard InChI is InChI=1S/C28H31N3O3/c1-21-7-5-9-23(19-21)28(12-17-33-18-13-28)27(32)31-16-6-8-22(20-31)25-26(30-15-14-29-25)34-24-10-3-2-4-11-24/h2-5,7,9-11,14-15,19,22H,6,8,12-13,16-18,20H2,1H3. The van der Waals surface area contributed by atoms with Crippen molar-refractivity contribution in [3.8, 4) is 11.6 Å². The Morgan fingerprint density at radius 3 is 2.65 bits per heavy atom. The molecule has 5 rings (SSSR count). The number of rotatable bonds is 5. The van der Waals surface area contributed by atoms with Crippen LogP contribution in [0.5, 0.6) is 11.6 Å². The fraction of sp³-hybridized carbons (Fsp3) is 0.393. The third-order valence-electron chi connectivity index (χ3n) is 7.07. The predicted molar refractivity (Wildman–Crippen MR) is 130 cm³/mol. The molecule has 0 radical (unpaired) electrons. The Hall–Kier alpha value is -3.25. The molecule has 176 valence electrons. The van der Waals surface area contributed by atoms with Gasteiger partial charge in [0.2, 0.25) is 11.8 Å². The lowest BCUT2D eigenvalue weighted by molar-refractivity contribution is -0.142. The zero-order valence-corrected chi connectivity index (χ0v) is 19.7. The molecule has 0 bridgehead atoms. The van der Waals surface area contributed by atoms with Crippen LogP contribution in [0.25, 0.3) is 0 Å². The quantitative estimate of drug-likeness (QED) is 0.538. The normalized spacial score (nSPS) is 20.0. The SMILES string of the molecule is Cc1cccc(C2(C(=O)N3CCCC(c4nccnc4Oc4ccccc4)C3)CCOCC2)c1. The fourth-order valence-electron chi connectivity index (χ4n) is 5.27. The molecule has 0 saturated carbocycles. The molecule has 1 amide bonds. The summed E-state index contributed by atoms with van der Waals surface area (Å²) in [5.74, 6) is 1.54. The molecule has 1 aromatic heterocycles. The van der Waals surface area contributed by atoms with Crippen molar-refractivity contribution in [2.75, 3.05) is 26.3 Å². The molecule has 1 unspecified atom stereocenters. The van der Waals surface area contributed by atoms with Gasteiger partial charge in [0.25, 0.3) is 0 Å². The van der Waals surface area contributed by atoms with E-state index >= 15 is 0 Å². The highest BCUT2D eigenvalue weighted by atomic mass is 16.5. The summed E-state index contributed by atoms with van der Waals surface area (Å²) in [6.45, 7) is 4.68. The second-order valence-electron chi connectivity index (χ2n) is 9.32. The molecule has 0 N–H and O–H groups in total. The number of likely N-dealkylation sites (tertiary alicyclic amines) is 1. The van der Waals surface area contributed by atoms with Crippen molar-refractivity contribution >= 4 is 5.91 Å². The number of aryl methyl sites for hydroxylation is 1. The van der Waals surface area contributed by atoms with E-state index in [4.69, 9.17) is 9.47 Å². The summed E-state index contributed by atoms with van der Waals surface area (Å²) in [5.41, 5.74) is 2.57. The van der Waals surface area contributed by atoms with E-state index in [9.17, 15) is 4.79 Å². The zero-order chi connectivity index (χ0) is 23.4. The maximum atomic E-state index is 14.1. The summed E-state index contributed by atoms with van der Waals surface area (Å²) in [6.07, 6.45) is 6.67. The Morgan fingerprint density at radius 1 is 1.06 bits per heavy atom. The Balaban J connectivity index is 1.41. The number of benzene rings is 2. The average molecular weight is 458 g/mol. The van der Waals surface area contributed by atoms with Gasteiger partial charge in [0.05, 0.1) is 5.41 Å². The number of amides is 1. The van der Waals surface area contributed by atoms with Gasteiger partial charge >= 0.3 is 0 Å². The highest BCUT2D eigenvalue weighted by molar-refractivity contribution is 5.88. The highest BCUT2D eigenvalue weighted by Gasteiger charge is 2.45. The van der Waals surface area contributed by atoms with Crippen LogP contribution < -0.4 is 4.74 Å². The number of aromatic nitrogens is 2. The van der Waals surface area contributed by atoms with Crippen molar-refractivity contribution in [3.05, 3.63) is 83.8 Å². The predicted octanol–water partition coefficient (Wildman–Crippen LogP) is 5.03. The molecular formula is C28H31N3O3. The molecule has 3 aromatic rings.